The second-order valence-electron chi connectivity index (χ2n) is 9.58. The van der Waals surface area contributed by atoms with E-state index < -0.39 is 11.9 Å². The van der Waals surface area contributed by atoms with Crippen molar-refractivity contribution >= 4 is 17.7 Å². The molecule has 35 heavy (non-hydrogen) atoms. The first-order chi connectivity index (χ1) is 17.0. The van der Waals surface area contributed by atoms with Crippen molar-refractivity contribution in [3.05, 3.63) is 70.5 Å². The van der Waals surface area contributed by atoms with E-state index >= 15 is 4.39 Å². The number of hydrogen-bond donors (Lipinski definition) is 1. The zero-order valence-electron chi connectivity index (χ0n) is 19.7. The van der Waals surface area contributed by atoms with Crippen LogP contribution in [-0.4, -0.2) is 59.8 Å². The molecule has 1 atom stereocenters. The van der Waals surface area contributed by atoms with Crippen LogP contribution in [0.25, 0.3) is 0 Å². The van der Waals surface area contributed by atoms with E-state index in [0.717, 1.165) is 43.6 Å². The maximum absolute atomic E-state index is 15.1. The third-order valence-electron chi connectivity index (χ3n) is 7.33. The van der Waals surface area contributed by atoms with Crippen molar-refractivity contribution in [1.82, 2.24) is 15.1 Å². The van der Waals surface area contributed by atoms with Crippen LogP contribution >= 0.6 is 0 Å². The Morgan fingerprint density at radius 1 is 1.03 bits per heavy atom. The second kappa shape index (κ2) is 10.3. The van der Waals surface area contributed by atoms with Crippen LogP contribution in [-0.2, 0) is 27.5 Å². The maximum Gasteiger partial charge on any atom is 0.255 e. The van der Waals surface area contributed by atoms with Gasteiger partial charge < -0.3 is 14.5 Å². The van der Waals surface area contributed by atoms with Gasteiger partial charge in [-0.15, -0.1) is 0 Å². The summed E-state index contributed by atoms with van der Waals surface area (Å²) in [5.41, 5.74) is 2.89. The fourth-order valence-corrected chi connectivity index (χ4v) is 5.35. The zero-order valence-corrected chi connectivity index (χ0v) is 19.7. The number of carbonyl (C=O) groups is 3. The lowest BCUT2D eigenvalue weighted by molar-refractivity contribution is -0.136. The van der Waals surface area contributed by atoms with Gasteiger partial charge in [0.1, 0.15) is 11.9 Å². The molecule has 2 saturated heterocycles. The van der Waals surface area contributed by atoms with E-state index in [1.807, 2.05) is 36.4 Å². The number of rotatable bonds is 7. The molecule has 7 nitrogen and oxygen atoms in total. The number of hydrogen-bond acceptors (Lipinski definition) is 5. The third kappa shape index (κ3) is 5.13. The van der Waals surface area contributed by atoms with Gasteiger partial charge in [0.05, 0.1) is 13.2 Å². The number of fused-ring (bicyclic) bond motifs is 1. The SMILES string of the molecule is O=C1CCC(N2Cc3cc(C4CCN(CCOCc5ccccc5)CC4)c(F)cc3C2=O)C(=O)N1. The molecule has 1 unspecified atom stereocenters. The summed E-state index contributed by atoms with van der Waals surface area (Å²) in [6.07, 6.45) is 2.19. The number of nitrogens with one attached hydrogen (secondary N) is 1. The number of piperidine rings is 2. The predicted molar refractivity (Wildman–Crippen MR) is 127 cm³/mol. The highest BCUT2D eigenvalue weighted by Gasteiger charge is 2.40. The molecule has 0 bridgehead atoms. The first kappa shape index (κ1) is 23.6. The van der Waals surface area contributed by atoms with Crippen molar-refractivity contribution in [2.24, 2.45) is 0 Å². The Kier molecular flexibility index (Phi) is 6.92. The van der Waals surface area contributed by atoms with Crippen molar-refractivity contribution in [2.45, 2.75) is 50.8 Å². The van der Waals surface area contributed by atoms with Gasteiger partial charge in [-0.05, 0) is 61.0 Å². The van der Waals surface area contributed by atoms with E-state index in [4.69, 9.17) is 4.74 Å². The molecule has 2 fully saturated rings. The summed E-state index contributed by atoms with van der Waals surface area (Å²) in [6.45, 7) is 4.12. The van der Waals surface area contributed by atoms with E-state index in [2.05, 4.69) is 10.2 Å². The van der Waals surface area contributed by atoms with Crippen LogP contribution in [0.2, 0.25) is 0 Å². The van der Waals surface area contributed by atoms with Gasteiger partial charge in [0.15, 0.2) is 0 Å². The molecule has 8 heteroatoms. The van der Waals surface area contributed by atoms with Crippen molar-refractivity contribution < 1.29 is 23.5 Å². The third-order valence-corrected chi connectivity index (χ3v) is 7.33. The van der Waals surface area contributed by atoms with Gasteiger partial charge >= 0.3 is 0 Å². The van der Waals surface area contributed by atoms with Gasteiger partial charge in [0, 0.05) is 25.1 Å². The molecule has 0 saturated carbocycles. The summed E-state index contributed by atoms with van der Waals surface area (Å²) in [6, 6.07) is 12.6. The Morgan fingerprint density at radius 2 is 1.80 bits per heavy atom. The minimum absolute atomic E-state index is 0.0986. The first-order valence-corrected chi connectivity index (χ1v) is 12.3. The quantitative estimate of drug-likeness (QED) is 0.488. The molecule has 0 aromatic heterocycles. The number of ether oxygens (including phenoxy) is 1. The van der Waals surface area contributed by atoms with Crippen molar-refractivity contribution in [1.29, 1.82) is 0 Å². The summed E-state index contributed by atoms with van der Waals surface area (Å²) >= 11 is 0. The molecule has 5 rings (SSSR count). The number of amides is 3. The maximum atomic E-state index is 15.1. The van der Waals surface area contributed by atoms with E-state index in [-0.39, 0.29) is 36.5 Å². The van der Waals surface area contributed by atoms with Gasteiger partial charge in [0.2, 0.25) is 11.8 Å². The lowest BCUT2D eigenvalue weighted by Crippen LogP contribution is -2.52. The van der Waals surface area contributed by atoms with Crippen LogP contribution in [0.1, 0.15) is 58.6 Å². The van der Waals surface area contributed by atoms with Crippen LogP contribution in [0, 0.1) is 5.82 Å². The molecule has 0 spiro atoms. The van der Waals surface area contributed by atoms with E-state index in [1.54, 1.807) is 0 Å². The van der Waals surface area contributed by atoms with Gasteiger partial charge in [-0.2, -0.15) is 0 Å². The Labute approximate surface area is 204 Å². The van der Waals surface area contributed by atoms with Crippen LogP contribution in [0.15, 0.2) is 42.5 Å². The molecule has 0 radical (unpaired) electrons. The van der Waals surface area contributed by atoms with Crippen molar-refractivity contribution in [2.75, 3.05) is 26.2 Å². The molecule has 0 aliphatic carbocycles. The van der Waals surface area contributed by atoms with Crippen LogP contribution in [0.3, 0.4) is 0 Å². The van der Waals surface area contributed by atoms with Gasteiger partial charge in [-0.3, -0.25) is 19.7 Å². The summed E-state index contributed by atoms with van der Waals surface area (Å²) < 4.78 is 20.9. The second-order valence-corrected chi connectivity index (χ2v) is 9.58. The molecular formula is C27H30FN3O4. The molecule has 1 N–H and O–H groups in total. The highest BCUT2D eigenvalue weighted by atomic mass is 19.1. The Bertz CT molecular complexity index is 1110. The van der Waals surface area contributed by atoms with Gasteiger partial charge in [-0.25, -0.2) is 4.39 Å². The molecule has 184 valence electrons. The fourth-order valence-electron chi connectivity index (χ4n) is 5.35. The lowest BCUT2D eigenvalue weighted by atomic mass is 9.87. The molecule has 2 aromatic carbocycles. The Balaban J connectivity index is 1.15. The van der Waals surface area contributed by atoms with E-state index in [9.17, 15) is 14.4 Å². The molecule has 2 aromatic rings. The number of carbonyl (C=O) groups excluding carboxylic acids is 3. The highest BCUT2D eigenvalue weighted by molar-refractivity contribution is 6.05. The fraction of sp³-hybridized carbons (Fsp3) is 0.444. The average Bonchev–Trinajstić information content (AvgIpc) is 3.17. The standard InChI is InChI=1S/C27H30FN3O4/c28-23-15-22-20(16-31(27(22)34)24-6-7-25(32)29-26(24)33)14-21(23)19-8-10-30(11-9-19)12-13-35-17-18-4-2-1-3-5-18/h1-5,14-15,19,24H,6-13,16-17H2,(H,29,32,33). The van der Waals surface area contributed by atoms with Crippen LogP contribution in [0.4, 0.5) is 4.39 Å². The minimum atomic E-state index is -0.688. The number of imide groups is 1. The molecule has 3 aliphatic heterocycles. The highest BCUT2D eigenvalue weighted by Crippen LogP contribution is 2.35. The Morgan fingerprint density at radius 3 is 2.54 bits per heavy atom. The molecule has 3 amide bonds. The van der Waals surface area contributed by atoms with Gasteiger partial charge in [0.25, 0.3) is 5.91 Å². The number of nitrogens with zero attached hydrogens (tertiary/aromatic N) is 2. The van der Waals surface area contributed by atoms with Gasteiger partial charge in [-0.1, -0.05) is 36.4 Å². The summed E-state index contributed by atoms with van der Waals surface area (Å²) in [5.74, 6) is -1.38. The van der Waals surface area contributed by atoms with Crippen LogP contribution in [0.5, 0.6) is 0 Å². The van der Waals surface area contributed by atoms with E-state index in [0.29, 0.717) is 30.8 Å². The van der Waals surface area contributed by atoms with Crippen molar-refractivity contribution in [3.63, 3.8) is 0 Å². The summed E-state index contributed by atoms with van der Waals surface area (Å²) in [7, 11) is 0. The number of likely N-dealkylation sites (tertiary alicyclic amines) is 1. The minimum Gasteiger partial charge on any atom is -0.375 e. The summed E-state index contributed by atoms with van der Waals surface area (Å²) in [4.78, 5) is 40.4. The smallest absolute Gasteiger partial charge is 0.255 e. The summed E-state index contributed by atoms with van der Waals surface area (Å²) in [5, 5.41) is 2.30. The molecular weight excluding hydrogens is 449 g/mol. The first-order valence-electron chi connectivity index (χ1n) is 12.3. The zero-order chi connectivity index (χ0) is 24.4. The predicted octanol–water partition coefficient (Wildman–Crippen LogP) is 2.98. The van der Waals surface area contributed by atoms with Crippen LogP contribution < -0.4 is 5.32 Å². The normalized spacial score (nSPS) is 21.3. The van der Waals surface area contributed by atoms with Crippen molar-refractivity contribution in [3.8, 4) is 0 Å². The largest absolute Gasteiger partial charge is 0.375 e. The molecule has 3 heterocycles. The lowest BCUT2D eigenvalue weighted by Gasteiger charge is -2.32. The topological polar surface area (TPSA) is 79.0 Å². The Hall–Kier alpha value is -3.10. The number of halogens is 1. The average molecular weight is 480 g/mol. The number of benzene rings is 2. The molecule has 3 aliphatic rings. The monoisotopic (exact) mass is 479 g/mol. The van der Waals surface area contributed by atoms with E-state index in [1.165, 1.54) is 11.0 Å².